The van der Waals surface area contributed by atoms with Gasteiger partial charge in [0.05, 0.1) is 11.5 Å². The second kappa shape index (κ2) is 10.1. The highest BCUT2D eigenvalue weighted by atomic mass is 32.2. The number of ether oxygens (including phenoxy) is 2. The molecule has 2 heterocycles. The number of amides is 3. The van der Waals surface area contributed by atoms with Gasteiger partial charge >= 0.3 is 5.97 Å². The minimum atomic E-state index is -0.511. The van der Waals surface area contributed by atoms with E-state index in [2.05, 4.69) is 0 Å². The molecule has 34 heavy (non-hydrogen) atoms. The Balaban J connectivity index is 1.47. The SMILES string of the molecule is CCOc1cc(/C=C2/SC(=O)N(CC(=O)N3CCc4ccccc4C3)C2=O)ccc1OC(C)=O. The Morgan fingerprint density at radius 2 is 1.85 bits per heavy atom. The summed E-state index contributed by atoms with van der Waals surface area (Å²) >= 11 is 0.790. The van der Waals surface area contributed by atoms with Gasteiger partial charge in [-0.3, -0.25) is 24.1 Å². The molecule has 0 unspecified atom stereocenters. The zero-order valence-corrected chi connectivity index (χ0v) is 19.7. The number of hydrogen-bond acceptors (Lipinski definition) is 7. The number of fused-ring (bicyclic) bond motifs is 1. The molecule has 0 saturated carbocycles. The van der Waals surface area contributed by atoms with E-state index in [0.29, 0.717) is 31.0 Å². The normalized spacial score (nSPS) is 16.6. The Bertz CT molecular complexity index is 1190. The molecular formula is C25H24N2O6S. The summed E-state index contributed by atoms with van der Waals surface area (Å²) in [4.78, 5) is 52.5. The van der Waals surface area contributed by atoms with Crippen LogP contribution in [0, 0.1) is 0 Å². The average molecular weight is 481 g/mol. The number of hydrogen-bond donors (Lipinski definition) is 0. The molecule has 9 heteroatoms. The predicted octanol–water partition coefficient (Wildman–Crippen LogP) is 3.63. The van der Waals surface area contributed by atoms with Gasteiger partial charge in [0.25, 0.3) is 11.1 Å². The molecule has 1 saturated heterocycles. The van der Waals surface area contributed by atoms with Crippen LogP contribution >= 0.6 is 11.8 Å². The third-order valence-electron chi connectivity index (χ3n) is 5.47. The van der Waals surface area contributed by atoms with Crippen LogP contribution in [0.5, 0.6) is 11.5 Å². The van der Waals surface area contributed by atoms with Crippen molar-refractivity contribution < 1.29 is 28.7 Å². The summed E-state index contributed by atoms with van der Waals surface area (Å²) < 4.78 is 10.7. The zero-order chi connectivity index (χ0) is 24.2. The smallest absolute Gasteiger partial charge is 0.308 e. The van der Waals surface area contributed by atoms with Gasteiger partial charge in [-0.2, -0.15) is 0 Å². The van der Waals surface area contributed by atoms with Gasteiger partial charge in [-0.25, -0.2) is 0 Å². The molecule has 1 fully saturated rings. The molecule has 0 aliphatic carbocycles. The number of carbonyl (C=O) groups is 4. The lowest BCUT2D eigenvalue weighted by atomic mass is 10.00. The lowest BCUT2D eigenvalue weighted by Crippen LogP contribution is -2.44. The molecule has 0 bridgehead atoms. The van der Waals surface area contributed by atoms with Crippen molar-refractivity contribution in [3.05, 3.63) is 64.1 Å². The number of imide groups is 1. The van der Waals surface area contributed by atoms with E-state index in [-0.39, 0.29) is 23.1 Å². The van der Waals surface area contributed by atoms with Gasteiger partial charge in [0, 0.05) is 20.0 Å². The van der Waals surface area contributed by atoms with E-state index in [1.165, 1.54) is 12.5 Å². The molecule has 0 atom stereocenters. The number of esters is 1. The Kier molecular flexibility index (Phi) is 7.02. The van der Waals surface area contributed by atoms with Crippen molar-refractivity contribution in [3.63, 3.8) is 0 Å². The second-order valence-electron chi connectivity index (χ2n) is 7.83. The summed E-state index contributed by atoms with van der Waals surface area (Å²) in [5.74, 6) is -0.624. The lowest BCUT2D eigenvalue weighted by molar-refractivity contribution is -0.136. The first-order valence-corrected chi connectivity index (χ1v) is 11.7. The van der Waals surface area contributed by atoms with Gasteiger partial charge in [-0.05, 0) is 60.0 Å². The van der Waals surface area contributed by atoms with Crippen molar-refractivity contribution in [2.45, 2.75) is 26.8 Å². The van der Waals surface area contributed by atoms with Crippen LogP contribution in [0.25, 0.3) is 6.08 Å². The Morgan fingerprint density at radius 3 is 2.59 bits per heavy atom. The van der Waals surface area contributed by atoms with E-state index in [9.17, 15) is 19.2 Å². The topological polar surface area (TPSA) is 93.2 Å². The Morgan fingerprint density at radius 1 is 1.09 bits per heavy atom. The minimum absolute atomic E-state index is 0.212. The molecule has 2 aliphatic heterocycles. The van der Waals surface area contributed by atoms with E-state index >= 15 is 0 Å². The van der Waals surface area contributed by atoms with Crippen molar-refractivity contribution in [1.29, 1.82) is 0 Å². The van der Waals surface area contributed by atoms with Crippen molar-refractivity contribution >= 4 is 40.9 Å². The Labute approximate surface area is 201 Å². The van der Waals surface area contributed by atoms with Crippen molar-refractivity contribution in [1.82, 2.24) is 9.80 Å². The van der Waals surface area contributed by atoms with E-state index in [0.717, 1.165) is 28.6 Å². The zero-order valence-electron chi connectivity index (χ0n) is 18.9. The molecule has 0 spiro atoms. The van der Waals surface area contributed by atoms with Gasteiger partial charge in [-0.15, -0.1) is 0 Å². The minimum Gasteiger partial charge on any atom is -0.490 e. The van der Waals surface area contributed by atoms with Crippen molar-refractivity contribution in [2.24, 2.45) is 0 Å². The number of rotatable bonds is 6. The third kappa shape index (κ3) is 5.14. The average Bonchev–Trinajstić information content (AvgIpc) is 3.07. The van der Waals surface area contributed by atoms with Crippen LogP contribution in [0.4, 0.5) is 4.79 Å². The third-order valence-corrected chi connectivity index (χ3v) is 6.38. The number of carbonyl (C=O) groups excluding carboxylic acids is 4. The van der Waals surface area contributed by atoms with Gasteiger partial charge in [0.2, 0.25) is 5.91 Å². The predicted molar refractivity (Wildman–Crippen MR) is 127 cm³/mol. The van der Waals surface area contributed by atoms with Crippen molar-refractivity contribution in [3.8, 4) is 11.5 Å². The summed E-state index contributed by atoms with van der Waals surface area (Å²) in [6.07, 6.45) is 2.31. The van der Waals surface area contributed by atoms with Crippen LogP contribution in [0.3, 0.4) is 0 Å². The highest BCUT2D eigenvalue weighted by molar-refractivity contribution is 8.18. The van der Waals surface area contributed by atoms with Gasteiger partial charge < -0.3 is 14.4 Å². The standard InChI is InChI=1S/C25H24N2O6S/c1-3-32-21-12-17(8-9-20(21)33-16(2)28)13-22-24(30)27(25(31)34-22)15-23(29)26-11-10-18-6-4-5-7-19(18)14-26/h4-9,12-13H,3,10-11,14-15H2,1-2H3/b22-13+. The fourth-order valence-corrected chi connectivity index (χ4v) is 4.69. The molecule has 0 aromatic heterocycles. The quantitative estimate of drug-likeness (QED) is 0.354. The highest BCUT2D eigenvalue weighted by Crippen LogP contribution is 2.35. The molecule has 3 amide bonds. The highest BCUT2D eigenvalue weighted by Gasteiger charge is 2.37. The number of nitrogens with zero attached hydrogens (tertiary/aromatic N) is 2. The number of benzene rings is 2. The van der Waals surface area contributed by atoms with Crippen LogP contribution in [0.2, 0.25) is 0 Å². The van der Waals surface area contributed by atoms with Crippen molar-refractivity contribution in [2.75, 3.05) is 19.7 Å². The maximum Gasteiger partial charge on any atom is 0.308 e. The fraction of sp³-hybridized carbons (Fsp3) is 0.280. The van der Waals surface area contributed by atoms with Crippen LogP contribution < -0.4 is 9.47 Å². The molecule has 176 valence electrons. The molecule has 0 radical (unpaired) electrons. The summed E-state index contributed by atoms with van der Waals surface area (Å²) in [5, 5.41) is -0.483. The van der Waals surface area contributed by atoms with E-state index in [1.54, 1.807) is 36.1 Å². The van der Waals surface area contributed by atoms with Crippen LogP contribution in [0.1, 0.15) is 30.5 Å². The number of thioether (sulfide) groups is 1. The van der Waals surface area contributed by atoms with Gasteiger partial charge in [0.15, 0.2) is 11.5 Å². The Hall–Kier alpha value is -3.59. The summed E-state index contributed by atoms with van der Waals surface area (Å²) in [6.45, 7) is 4.18. The molecular weight excluding hydrogens is 456 g/mol. The largest absolute Gasteiger partial charge is 0.490 e. The first-order valence-electron chi connectivity index (χ1n) is 10.9. The van der Waals surface area contributed by atoms with E-state index in [4.69, 9.17) is 9.47 Å². The lowest BCUT2D eigenvalue weighted by Gasteiger charge is -2.29. The van der Waals surface area contributed by atoms with Gasteiger partial charge in [0.1, 0.15) is 6.54 Å². The molecule has 8 nitrogen and oxygen atoms in total. The maximum atomic E-state index is 12.9. The summed E-state index contributed by atoms with van der Waals surface area (Å²) in [6, 6.07) is 12.8. The van der Waals surface area contributed by atoms with Crippen LogP contribution in [-0.2, 0) is 27.3 Å². The molecule has 0 N–H and O–H groups in total. The molecule has 2 aromatic carbocycles. The maximum absolute atomic E-state index is 12.9. The molecule has 2 aliphatic rings. The monoisotopic (exact) mass is 480 g/mol. The first-order chi connectivity index (χ1) is 16.4. The fourth-order valence-electron chi connectivity index (χ4n) is 3.85. The van der Waals surface area contributed by atoms with E-state index in [1.807, 2.05) is 24.3 Å². The van der Waals surface area contributed by atoms with Crippen LogP contribution in [0.15, 0.2) is 47.4 Å². The molecule has 4 rings (SSSR count). The first kappa shape index (κ1) is 23.6. The van der Waals surface area contributed by atoms with Crippen LogP contribution in [-0.4, -0.2) is 52.5 Å². The van der Waals surface area contributed by atoms with Gasteiger partial charge in [-0.1, -0.05) is 30.3 Å². The summed E-state index contributed by atoms with van der Waals surface area (Å²) in [7, 11) is 0. The molecule has 2 aromatic rings. The second-order valence-corrected chi connectivity index (χ2v) is 8.83. The van der Waals surface area contributed by atoms with E-state index < -0.39 is 17.1 Å². The summed E-state index contributed by atoms with van der Waals surface area (Å²) in [5.41, 5.74) is 2.90.